The van der Waals surface area contributed by atoms with Gasteiger partial charge in [0.1, 0.15) is 0 Å². The van der Waals surface area contributed by atoms with Gasteiger partial charge in [-0.3, -0.25) is 4.99 Å². The Morgan fingerprint density at radius 2 is 1.65 bits per heavy atom. The maximum Gasteiger partial charge on any atom is 0.188 e. The summed E-state index contributed by atoms with van der Waals surface area (Å²) < 4.78 is 0. The van der Waals surface area contributed by atoms with E-state index in [0.717, 1.165) is 19.1 Å². The number of hydrogen-bond donors (Lipinski definition) is 2. The first-order valence-corrected chi connectivity index (χ1v) is 8.52. The maximum atomic E-state index is 6.02. The lowest BCUT2D eigenvalue weighted by Gasteiger charge is -2.23. The van der Waals surface area contributed by atoms with Crippen molar-refractivity contribution < 1.29 is 0 Å². The summed E-state index contributed by atoms with van der Waals surface area (Å²) in [5.74, 6) is 0.650. The molecule has 0 saturated heterocycles. The molecule has 2 aliphatic rings. The Labute approximate surface area is 124 Å². The van der Waals surface area contributed by atoms with Crippen LogP contribution in [0.4, 0.5) is 0 Å². The molecule has 0 radical (unpaired) electrons. The zero-order valence-electron chi connectivity index (χ0n) is 13.1. The molecule has 0 aliphatic heterocycles. The van der Waals surface area contributed by atoms with Gasteiger partial charge in [0.15, 0.2) is 5.96 Å². The molecule has 20 heavy (non-hydrogen) atoms. The van der Waals surface area contributed by atoms with Crippen molar-refractivity contribution in [2.45, 2.75) is 76.3 Å². The van der Waals surface area contributed by atoms with Crippen LogP contribution < -0.4 is 11.1 Å². The van der Waals surface area contributed by atoms with Gasteiger partial charge in [-0.05, 0) is 32.7 Å². The van der Waals surface area contributed by atoms with E-state index in [2.05, 4.69) is 22.3 Å². The highest BCUT2D eigenvalue weighted by molar-refractivity contribution is 5.78. The molecule has 0 atom stereocenters. The third-order valence-corrected chi connectivity index (χ3v) is 4.89. The van der Waals surface area contributed by atoms with Crippen LogP contribution in [-0.2, 0) is 0 Å². The summed E-state index contributed by atoms with van der Waals surface area (Å²) in [7, 11) is 2.22. The van der Waals surface area contributed by atoms with Crippen LogP contribution in [0.5, 0.6) is 0 Å². The number of nitrogens with zero attached hydrogens (tertiary/aromatic N) is 2. The fourth-order valence-corrected chi connectivity index (χ4v) is 3.53. The molecule has 4 nitrogen and oxygen atoms in total. The van der Waals surface area contributed by atoms with Crippen LogP contribution in [0.1, 0.15) is 64.2 Å². The molecule has 116 valence electrons. The number of hydrogen-bond acceptors (Lipinski definition) is 2. The fraction of sp³-hybridized carbons (Fsp3) is 0.938. The Morgan fingerprint density at radius 3 is 2.30 bits per heavy atom. The van der Waals surface area contributed by atoms with E-state index in [0.29, 0.717) is 12.0 Å². The molecule has 0 aromatic rings. The fourth-order valence-electron chi connectivity index (χ4n) is 3.53. The molecule has 0 unspecified atom stereocenters. The molecule has 2 aliphatic carbocycles. The van der Waals surface area contributed by atoms with E-state index in [1.165, 1.54) is 64.2 Å². The zero-order valence-corrected chi connectivity index (χ0v) is 13.1. The molecule has 2 fully saturated rings. The van der Waals surface area contributed by atoms with Gasteiger partial charge in [-0.25, -0.2) is 0 Å². The van der Waals surface area contributed by atoms with E-state index in [4.69, 9.17) is 5.73 Å². The molecular formula is C16H32N4. The van der Waals surface area contributed by atoms with Crippen molar-refractivity contribution in [3.05, 3.63) is 0 Å². The first-order chi connectivity index (χ1) is 9.75. The van der Waals surface area contributed by atoms with Crippen molar-refractivity contribution in [1.29, 1.82) is 0 Å². The van der Waals surface area contributed by atoms with Gasteiger partial charge in [0.05, 0.1) is 6.54 Å². The molecule has 0 aromatic heterocycles. The van der Waals surface area contributed by atoms with Crippen molar-refractivity contribution in [3.63, 3.8) is 0 Å². The highest BCUT2D eigenvalue weighted by Gasteiger charge is 2.18. The van der Waals surface area contributed by atoms with Gasteiger partial charge in [-0.15, -0.1) is 0 Å². The standard InChI is InChI=1S/C16H32N4/c1-20(15-10-6-7-11-15)13-12-18-16(17)19-14-8-4-2-3-5-9-14/h14-15H,2-13H2,1H3,(H3,17,18,19). The predicted molar refractivity (Wildman–Crippen MR) is 86.0 cm³/mol. The monoisotopic (exact) mass is 280 g/mol. The SMILES string of the molecule is CN(CCN=C(N)NC1CCCCCC1)C1CCCC1. The summed E-state index contributed by atoms with van der Waals surface area (Å²) in [6.45, 7) is 1.84. The Morgan fingerprint density at radius 1 is 1.05 bits per heavy atom. The maximum absolute atomic E-state index is 6.02. The molecule has 0 amide bonds. The molecule has 2 saturated carbocycles. The van der Waals surface area contributed by atoms with Crippen LogP contribution in [-0.4, -0.2) is 43.1 Å². The topological polar surface area (TPSA) is 53.6 Å². The third-order valence-electron chi connectivity index (χ3n) is 4.89. The Bertz CT molecular complexity index is 289. The van der Waals surface area contributed by atoms with Crippen LogP contribution in [0.25, 0.3) is 0 Å². The largest absolute Gasteiger partial charge is 0.370 e. The van der Waals surface area contributed by atoms with Gasteiger partial charge in [-0.1, -0.05) is 38.5 Å². The van der Waals surface area contributed by atoms with Crippen molar-refractivity contribution in [1.82, 2.24) is 10.2 Å². The van der Waals surface area contributed by atoms with Gasteiger partial charge in [-0.2, -0.15) is 0 Å². The number of guanidine groups is 1. The molecule has 0 heterocycles. The van der Waals surface area contributed by atoms with Gasteiger partial charge in [0.2, 0.25) is 0 Å². The minimum Gasteiger partial charge on any atom is -0.370 e. The average Bonchev–Trinajstić information content (AvgIpc) is 2.85. The second-order valence-corrected chi connectivity index (χ2v) is 6.52. The summed E-state index contributed by atoms with van der Waals surface area (Å²) in [4.78, 5) is 6.96. The lowest BCUT2D eigenvalue weighted by molar-refractivity contribution is 0.252. The van der Waals surface area contributed by atoms with Crippen LogP contribution in [0.3, 0.4) is 0 Å². The van der Waals surface area contributed by atoms with Crippen LogP contribution in [0.2, 0.25) is 0 Å². The van der Waals surface area contributed by atoms with E-state index in [9.17, 15) is 0 Å². The normalized spacial score (nSPS) is 23.2. The zero-order chi connectivity index (χ0) is 14.2. The smallest absolute Gasteiger partial charge is 0.188 e. The molecule has 0 aromatic carbocycles. The highest BCUT2D eigenvalue weighted by atomic mass is 15.2. The van der Waals surface area contributed by atoms with Crippen LogP contribution >= 0.6 is 0 Å². The van der Waals surface area contributed by atoms with E-state index < -0.39 is 0 Å². The third kappa shape index (κ3) is 5.31. The Balaban J connectivity index is 1.64. The average molecular weight is 280 g/mol. The predicted octanol–water partition coefficient (Wildman–Crippen LogP) is 2.49. The van der Waals surface area contributed by atoms with Crippen molar-refractivity contribution >= 4 is 5.96 Å². The summed E-state index contributed by atoms with van der Waals surface area (Å²) in [5.41, 5.74) is 6.02. The molecular weight excluding hydrogens is 248 g/mol. The summed E-state index contributed by atoms with van der Waals surface area (Å²) in [6, 6.07) is 1.33. The van der Waals surface area contributed by atoms with Crippen LogP contribution in [0.15, 0.2) is 4.99 Å². The van der Waals surface area contributed by atoms with Gasteiger partial charge in [0.25, 0.3) is 0 Å². The summed E-state index contributed by atoms with van der Waals surface area (Å²) >= 11 is 0. The second-order valence-electron chi connectivity index (χ2n) is 6.52. The number of nitrogens with one attached hydrogen (secondary N) is 1. The molecule has 4 heteroatoms. The summed E-state index contributed by atoms with van der Waals surface area (Å²) in [6.07, 6.45) is 13.4. The van der Waals surface area contributed by atoms with E-state index >= 15 is 0 Å². The van der Waals surface area contributed by atoms with Gasteiger partial charge >= 0.3 is 0 Å². The van der Waals surface area contributed by atoms with E-state index in [1.807, 2.05) is 0 Å². The second kappa shape index (κ2) is 8.50. The molecule has 0 spiro atoms. The first kappa shape index (κ1) is 15.6. The van der Waals surface area contributed by atoms with E-state index in [-0.39, 0.29) is 0 Å². The minimum absolute atomic E-state index is 0.550. The van der Waals surface area contributed by atoms with Crippen molar-refractivity contribution in [2.24, 2.45) is 10.7 Å². The van der Waals surface area contributed by atoms with Gasteiger partial charge in [0, 0.05) is 18.6 Å². The van der Waals surface area contributed by atoms with Crippen LogP contribution in [0, 0.1) is 0 Å². The molecule has 3 N–H and O–H groups in total. The van der Waals surface area contributed by atoms with Crippen molar-refractivity contribution in [3.8, 4) is 0 Å². The highest BCUT2D eigenvalue weighted by Crippen LogP contribution is 2.22. The minimum atomic E-state index is 0.550. The van der Waals surface area contributed by atoms with Gasteiger partial charge < -0.3 is 16.0 Å². The first-order valence-electron chi connectivity index (χ1n) is 8.52. The molecule has 2 rings (SSSR count). The number of aliphatic imine (C=N–C) groups is 1. The van der Waals surface area contributed by atoms with Crippen molar-refractivity contribution in [2.75, 3.05) is 20.1 Å². The Hall–Kier alpha value is -0.770. The molecule has 0 bridgehead atoms. The number of rotatable bonds is 5. The number of likely N-dealkylation sites (N-methyl/N-ethyl adjacent to an activating group) is 1. The quantitative estimate of drug-likeness (QED) is 0.462. The summed E-state index contributed by atoms with van der Waals surface area (Å²) in [5, 5.41) is 3.41. The van der Waals surface area contributed by atoms with E-state index in [1.54, 1.807) is 0 Å². The Kier molecular flexibility index (Phi) is 6.64. The number of nitrogens with two attached hydrogens (primary N) is 1. The lowest BCUT2D eigenvalue weighted by Crippen LogP contribution is -2.40. The lowest BCUT2D eigenvalue weighted by atomic mass is 10.1.